The Bertz CT molecular complexity index is 676. The van der Waals surface area contributed by atoms with Crippen LogP contribution in [0, 0.1) is 11.8 Å². The number of benzene rings is 1. The van der Waals surface area contributed by atoms with Crippen LogP contribution >= 0.6 is 0 Å². The zero-order valence-electron chi connectivity index (χ0n) is 15.4. The number of aliphatic carboxylic acids is 1. The van der Waals surface area contributed by atoms with Gasteiger partial charge in [0.25, 0.3) is 0 Å². The second kappa shape index (κ2) is 8.69. The topological polar surface area (TPSA) is 95.9 Å². The Labute approximate surface area is 153 Å². The average molecular weight is 362 g/mol. The van der Waals surface area contributed by atoms with Gasteiger partial charge < -0.3 is 20.1 Å². The number of amides is 2. The van der Waals surface area contributed by atoms with Crippen molar-refractivity contribution in [2.24, 2.45) is 11.8 Å². The molecule has 1 fully saturated rings. The number of carbonyl (C=O) groups is 3. The smallest absolute Gasteiger partial charge is 0.326 e. The highest BCUT2D eigenvalue weighted by molar-refractivity contribution is 6.01. The van der Waals surface area contributed by atoms with Crippen LogP contribution in [0.1, 0.15) is 33.6 Å². The second-order valence-electron chi connectivity index (χ2n) is 6.52. The lowest BCUT2D eigenvalue weighted by Crippen LogP contribution is -2.47. The number of hydrogen-bond acceptors (Lipinski definition) is 4. The maximum atomic E-state index is 12.5. The highest BCUT2D eigenvalue weighted by Gasteiger charge is 2.38. The summed E-state index contributed by atoms with van der Waals surface area (Å²) < 4.78 is 5.56. The molecule has 7 nitrogen and oxygen atoms in total. The molecule has 3 unspecified atom stereocenters. The zero-order valence-corrected chi connectivity index (χ0v) is 15.4. The van der Waals surface area contributed by atoms with Crippen molar-refractivity contribution in [3.05, 3.63) is 24.3 Å². The lowest BCUT2D eigenvalue weighted by atomic mass is 9.98. The molecule has 0 radical (unpaired) electrons. The third kappa shape index (κ3) is 4.33. The monoisotopic (exact) mass is 362 g/mol. The molecule has 2 N–H and O–H groups in total. The number of carboxylic acid groups (broad SMARTS) is 1. The molecule has 26 heavy (non-hydrogen) atoms. The summed E-state index contributed by atoms with van der Waals surface area (Å²) in [6, 6.07) is 6.24. The molecule has 0 bridgehead atoms. The molecule has 1 aromatic rings. The van der Waals surface area contributed by atoms with Crippen LogP contribution in [0.5, 0.6) is 5.75 Å². The number of hydrogen-bond donors (Lipinski definition) is 2. The van der Waals surface area contributed by atoms with E-state index in [0.717, 1.165) is 0 Å². The van der Waals surface area contributed by atoms with E-state index in [1.165, 1.54) is 4.90 Å². The molecular formula is C19H26N2O5. The van der Waals surface area contributed by atoms with Crippen LogP contribution in [0.15, 0.2) is 24.3 Å². The normalized spacial score (nSPS) is 19.1. The van der Waals surface area contributed by atoms with Gasteiger partial charge in [-0.25, -0.2) is 4.79 Å². The maximum Gasteiger partial charge on any atom is 0.326 e. The minimum atomic E-state index is -1.06. The van der Waals surface area contributed by atoms with Gasteiger partial charge in [0.1, 0.15) is 11.8 Å². The molecule has 0 spiro atoms. The third-order valence-corrected chi connectivity index (χ3v) is 4.73. The number of nitrogens with zero attached hydrogens (tertiary/aromatic N) is 1. The largest absolute Gasteiger partial charge is 0.492 e. The van der Waals surface area contributed by atoms with Gasteiger partial charge in [-0.05, 0) is 25.0 Å². The maximum absolute atomic E-state index is 12.5. The molecule has 2 rings (SSSR count). The van der Waals surface area contributed by atoms with Crippen LogP contribution in [0.2, 0.25) is 0 Å². The van der Waals surface area contributed by atoms with Crippen LogP contribution in [0.3, 0.4) is 0 Å². The summed E-state index contributed by atoms with van der Waals surface area (Å²) in [5.41, 5.74) is 0.631. The van der Waals surface area contributed by atoms with Crippen LogP contribution < -0.4 is 15.0 Å². The predicted molar refractivity (Wildman–Crippen MR) is 97.1 cm³/mol. The van der Waals surface area contributed by atoms with Crippen molar-refractivity contribution in [3.63, 3.8) is 0 Å². The average Bonchev–Trinajstić information content (AvgIpc) is 3.01. The summed E-state index contributed by atoms with van der Waals surface area (Å²) in [6.45, 7) is 6.20. The van der Waals surface area contributed by atoms with Crippen molar-refractivity contribution in [2.45, 2.75) is 39.7 Å². The molecule has 1 aliphatic rings. The molecule has 1 heterocycles. The number of carbonyl (C=O) groups excluding carboxylic acids is 2. The number of para-hydroxylation sites is 2. The quantitative estimate of drug-likeness (QED) is 0.738. The van der Waals surface area contributed by atoms with E-state index in [9.17, 15) is 19.5 Å². The molecule has 1 aromatic carbocycles. The van der Waals surface area contributed by atoms with Crippen molar-refractivity contribution < 1.29 is 24.2 Å². The number of nitrogens with one attached hydrogen (secondary N) is 1. The molecule has 1 saturated heterocycles. The lowest BCUT2D eigenvalue weighted by molar-refractivity contribution is -0.143. The SMILES string of the molecule is CCOc1ccccc1N1CC(C(=O)NC(C(=O)O)C(C)CC)CC1=O. The molecule has 0 aromatic heterocycles. The first-order valence-corrected chi connectivity index (χ1v) is 8.94. The highest BCUT2D eigenvalue weighted by Crippen LogP contribution is 2.33. The fraction of sp³-hybridized carbons (Fsp3) is 0.526. The van der Waals surface area contributed by atoms with Crippen molar-refractivity contribution in [3.8, 4) is 5.75 Å². The summed E-state index contributed by atoms with van der Waals surface area (Å²) in [5, 5.41) is 11.9. The van der Waals surface area contributed by atoms with E-state index in [2.05, 4.69) is 5.32 Å². The lowest BCUT2D eigenvalue weighted by Gasteiger charge is -2.22. The number of carboxylic acids is 1. The van der Waals surface area contributed by atoms with Gasteiger partial charge in [-0.15, -0.1) is 0 Å². The van der Waals surface area contributed by atoms with Crippen molar-refractivity contribution in [1.82, 2.24) is 5.32 Å². The van der Waals surface area contributed by atoms with Gasteiger partial charge in [-0.1, -0.05) is 32.4 Å². The van der Waals surface area contributed by atoms with Gasteiger partial charge in [0.15, 0.2) is 0 Å². The Hall–Kier alpha value is -2.57. The van der Waals surface area contributed by atoms with E-state index in [1.54, 1.807) is 19.1 Å². The summed E-state index contributed by atoms with van der Waals surface area (Å²) in [5.74, 6) is -1.82. The van der Waals surface area contributed by atoms with Crippen molar-refractivity contribution in [2.75, 3.05) is 18.1 Å². The fourth-order valence-corrected chi connectivity index (χ4v) is 3.03. The van der Waals surface area contributed by atoms with Gasteiger partial charge in [-0.2, -0.15) is 0 Å². The van der Waals surface area contributed by atoms with Gasteiger partial charge in [-0.3, -0.25) is 9.59 Å². The second-order valence-corrected chi connectivity index (χ2v) is 6.52. The van der Waals surface area contributed by atoms with E-state index in [1.807, 2.05) is 26.0 Å². The van der Waals surface area contributed by atoms with E-state index in [-0.39, 0.29) is 24.8 Å². The Morgan fingerprint density at radius 2 is 2.04 bits per heavy atom. The molecule has 0 aliphatic carbocycles. The van der Waals surface area contributed by atoms with Crippen LogP contribution in [0.25, 0.3) is 0 Å². The first-order chi connectivity index (χ1) is 12.4. The predicted octanol–water partition coefficient (Wildman–Crippen LogP) is 2.05. The summed E-state index contributed by atoms with van der Waals surface area (Å²) in [6.07, 6.45) is 0.688. The van der Waals surface area contributed by atoms with E-state index >= 15 is 0 Å². The van der Waals surface area contributed by atoms with Gasteiger partial charge in [0, 0.05) is 13.0 Å². The summed E-state index contributed by atoms with van der Waals surface area (Å²) in [4.78, 5) is 37.9. The van der Waals surface area contributed by atoms with Crippen LogP contribution in [-0.2, 0) is 14.4 Å². The van der Waals surface area contributed by atoms with Gasteiger partial charge in [0.05, 0.1) is 18.2 Å². The molecule has 7 heteroatoms. The van der Waals surface area contributed by atoms with E-state index in [0.29, 0.717) is 24.5 Å². The minimum absolute atomic E-state index is 0.0547. The number of anilines is 1. The molecular weight excluding hydrogens is 336 g/mol. The van der Waals surface area contributed by atoms with E-state index < -0.39 is 23.8 Å². The van der Waals surface area contributed by atoms with Crippen molar-refractivity contribution >= 4 is 23.5 Å². The standard InChI is InChI=1S/C19H26N2O5/c1-4-12(3)17(19(24)25)20-18(23)13-10-16(22)21(11-13)14-8-6-7-9-15(14)26-5-2/h6-9,12-13,17H,4-5,10-11H2,1-3H3,(H,20,23)(H,24,25). The molecule has 0 saturated carbocycles. The van der Waals surface area contributed by atoms with Crippen LogP contribution in [0.4, 0.5) is 5.69 Å². The van der Waals surface area contributed by atoms with Crippen molar-refractivity contribution in [1.29, 1.82) is 0 Å². The highest BCUT2D eigenvalue weighted by atomic mass is 16.5. The summed E-state index contributed by atoms with van der Waals surface area (Å²) in [7, 11) is 0. The summed E-state index contributed by atoms with van der Waals surface area (Å²) >= 11 is 0. The number of rotatable bonds is 8. The fourth-order valence-electron chi connectivity index (χ4n) is 3.03. The Kier molecular flexibility index (Phi) is 6.60. The Morgan fingerprint density at radius 3 is 2.65 bits per heavy atom. The Morgan fingerprint density at radius 1 is 1.35 bits per heavy atom. The molecule has 1 aliphatic heterocycles. The molecule has 2 amide bonds. The minimum Gasteiger partial charge on any atom is -0.492 e. The van der Waals surface area contributed by atoms with E-state index in [4.69, 9.17) is 4.74 Å². The zero-order chi connectivity index (χ0) is 19.3. The van der Waals surface area contributed by atoms with Gasteiger partial charge in [0.2, 0.25) is 11.8 Å². The van der Waals surface area contributed by atoms with Crippen LogP contribution in [-0.4, -0.2) is 42.1 Å². The first-order valence-electron chi connectivity index (χ1n) is 8.94. The van der Waals surface area contributed by atoms with Gasteiger partial charge >= 0.3 is 5.97 Å². The molecule has 142 valence electrons. The Balaban J connectivity index is 2.12. The first kappa shape index (κ1) is 19.8. The molecule has 3 atom stereocenters. The third-order valence-electron chi connectivity index (χ3n) is 4.73. The number of ether oxygens (including phenoxy) is 1.